The monoisotopic (exact) mass is 254 g/mol. The lowest BCUT2D eigenvalue weighted by atomic mass is 9.69. The van der Waals surface area contributed by atoms with Crippen molar-refractivity contribution in [1.29, 1.82) is 0 Å². The maximum absolute atomic E-state index is 12.2. The van der Waals surface area contributed by atoms with Gasteiger partial charge in [-0.2, -0.15) is 0 Å². The van der Waals surface area contributed by atoms with Gasteiger partial charge in [0.05, 0.1) is 18.6 Å². The molecule has 2 fully saturated rings. The molecule has 0 radical (unpaired) electrons. The van der Waals surface area contributed by atoms with E-state index in [-0.39, 0.29) is 5.78 Å². The Hall–Kier alpha value is -1.36. The summed E-state index contributed by atoms with van der Waals surface area (Å²) in [6.45, 7) is 1.84. The van der Waals surface area contributed by atoms with Crippen molar-refractivity contribution in [1.82, 2.24) is 0 Å². The van der Waals surface area contributed by atoms with Crippen LogP contribution in [-0.2, 0) is 23.8 Å². The minimum absolute atomic E-state index is 0.129. The molecule has 0 amide bonds. The van der Waals surface area contributed by atoms with Crippen LogP contribution in [0.1, 0.15) is 32.6 Å². The number of rotatable bonds is 2. The average molecular weight is 254 g/mol. The first-order chi connectivity index (χ1) is 8.47. The zero-order valence-corrected chi connectivity index (χ0v) is 10.9. The Labute approximate surface area is 106 Å². The Morgan fingerprint density at radius 3 is 2.72 bits per heavy atom. The fraction of sp³-hybridized carbons (Fsp3) is 0.692. The van der Waals surface area contributed by atoms with E-state index < -0.39 is 17.2 Å². The number of Topliss-reactive ketones (excluding diaryl/α,β-unsaturated/α-hetero) is 1. The van der Waals surface area contributed by atoms with E-state index in [1.54, 1.807) is 0 Å². The lowest BCUT2D eigenvalue weighted by molar-refractivity contribution is -0.239. The zero-order valence-electron chi connectivity index (χ0n) is 10.9. The van der Waals surface area contributed by atoms with Gasteiger partial charge in [-0.05, 0) is 13.3 Å². The van der Waals surface area contributed by atoms with Crippen LogP contribution in [0.4, 0.5) is 0 Å². The molecule has 1 saturated heterocycles. The Kier molecular flexibility index (Phi) is 3.19. The van der Waals surface area contributed by atoms with Crippen molar-refractivity contribution in [2.75, 3.05) is 14.2 Å². The summed E-state index contributed by atoms with van der Waals surface area (Å²) in [7, 11) is 2.85. The summed E-state index contributed by atoms with van der Waals surface area (Å²) in [5.41, 5.74) is -0.708. The maximum Gasteiger partial charge on any atom is 0.333 e. The number of esters is 1. The van der Waals surface area contributed by atoms with Gasteiger partial charge < -0.3 is 14.2 Å². The first-order valence-corrected chi connectivity index (χ1v) is 6.03. The lowest BCUT2D eigenvalue weighted by Crippen LogP contribution is -2.52. The molecule has 5 nitrogen and oxygen atoms in total. The van der Waals surface area contributed by atoms with Crippen LogP contribution in [0.2, 0.25) is 0 Å². The number of carbonyl (C=O) groups excluding carboxylic acids is 2. The van der Waals surface area contributed by atoms with Crippen molar-refractivity contribution < 1.29 is 23.8 Å². The molecule has 5 heteroatoms. The van der Waals surface area contributed by atoms with E-state index >= 15 is 0 Å². The number of allylic oxidation sites excluding steroid dienone is 1. The SMILES string of the molecule is COC(=O)/C=C1\C[C@@]2(C)C(=O)CCC[C@@]2(OC)O1. The number of hydrogen-bond donors (Lipinski definition) is 0. The lowest BCUT2D eigenvalue weighted by Gasteiger charge is -2.42. The molecular weight excluding hydrogens is 236 g/mol. The standard InChI is InChI=1S/C13H18O5/c1-12-8-9(7-11(15)16-2)18-13(12,17-3)6-4-5-10(12)14/h7H,4-6,8H2,1-3H3/b9-7+/t12-,13+/m0/s1. The summed E-state index contributed by atoms with van der Waals surface area (Å²) in [5.74, 6) is -0.821. The highest BCUT2D eigenvalue weighted by atomic mass is 16.7. The van der Waals surface area contributed by atoms with E-state index in [4.69, 9.17) is 9.47 Å². The van der Waals surface area contributed by atoms with Gasteiger partial charge in [0.25, 0.3) is 0 Å². The Bertz CT molecular complexity index is 414. The predicted octanol–water partition coefficient (Wildman–Crippen LogP) is 1.57. The first kappa shape index (κ1) is 13.1. The number of ether oxygens (including phenoxy) is 3. The molecule has 2 atom stereocenters. The van der Waals surface area contributed by atoms with Crippen molar-refractivity contribution in [2.45, 2.75) is 38.4 Å². The van der Waals surface area contributed by atoms with Gasteiger partial charge in [-0.1, -0.05) is 0 Å². The molecule has 0 aromatic carbocycles. The Morgan fingerprint density at radius 2 is 2.17 bits per heavy atom. The number of carbonyl (C=O) groups is 2. The summed E-state index contributed by atoms with van der Waals surface area (Å²) in [6.07, 6.45) is 3.61. The third-order valence-electron chi connectivity index (χ3n) is 4.00. The maximum atomic E-state index is 12.2. The van der Waals surface area contributed by atoms with Gasteiger partial charge in [0, 0.05) is 26.4 Å². The minimum Gasteiger partial charge on any atom is -0.466 e. The molecule has 0 aromatic rings. The molecule has 1 heterocycles. The van der Waals surface area contributed by atoms with Gasteiger partial charge in [0.1, 0.15) is 11.5 Å². The summed E-state index contributed by atoms with van der Waals surface area (Å²) < 4.78 is 15.8. The molecule has 100 valence electrons. The van der Waals surface area contributed by atoms with Gasteiger partial charge in [-0.25, -0.2) is 4.79 Å². The fourth-order valence-corrected chi connectivity index (χ4v) is 2.88. The Morgan fingerprint density at radius 1 is 1.44 bits per heavy atom. The summed E-state index contributed by atoms with van der Waals surface area (Å²) in [4.78, 5) is 23.4. The van der Waals surface area contributed by atoms with E-state index in [1.165, 1.54) is 20.3 Å². The number of methoxy groups -OCH3 is 2. The van der Waals surface area contributed by atoms with Crippen LogP contribution >= 0.6 is 0 Å². The molecule has 1 aliphatic heterocycles. The van der Waals surface area contributed by atoms with E-state index in [0.717, 1.165) is 6.42 Å². The molecule has 0 bridgehead atoms. The molecular formula is C13H18O5. The normalized spacial score (nSPS) is 37.3. The molecule has 2 rings (SSSR count). The smallest absolute Gasteiger partial charge is 0.333 e. The number of hydrogen-bond acceptors (Lipinski definition) is 5. The predicted molar refractivity (Wildman–Crippen MR) is 62.5 cm³/mol. The molecule has 2 aliphatic rings. The van der Waals surface area contributed by atoms with Crippen LogP contribution in [0, 0.1) is 5.41 Å². The van der Waals surface area contributed by atoms with Crippen LogP contribution in [0.3, 0.4) is 0 Å². The van der Waals surface area contributed by atoms with Crippen LogP contribution < -0.4 is 0 Å². The van der Waals surface area contributed by atoms with Crippen LogP contribution in [0.15, 0.2) is 11.8 Å². The quantitative estimate of drug-likeness (QED) is 0.553. The van der Waals surface area contributed by atoms with Gasteiger partial charge in [-0.15, -0.1) is 0 Å². The summed E-state index contributed by atoms with van der Waals surface area (Å²) >= 11 is 0. The van der Waals surface area contributed by atoms with E-state index in [1.807, 2.05) is 6.92 Å². The highest BCUT2D eigenvalue weighted by Gasteiger charge is 2.62. The van der Waals surface area contributed by atoms with E-state index in [9.17, 15) is 9.59 Å². The van der Waals surface area contributed by atoms with Crippen LogP contribution in [-0.4, -0.2) is 31.8 Å². The minimum atomic E-state index is -0.928. The largest absolute Gasteiger partial charge is 0.466 e. The molecule has 1 aliphatic carbocycles. The summed E-state index contributed by atoms with van der Waals surface area (Å²) in [5, 5.41) is 0. The van der Waals surface area contributed by atoms with Crippen molar-refractivity contribution in [2.24, 2.45) is 5.41 Å². The first-order valence-electron chi connectivity index (χ1n) is 6.03. The molecule has 18 heavy (non-hydrogen) atoms. The van der Waals surface area contributed by atoms with Gasteiger partial charge in [0.2, 0.25) is 5.79 Å². The van der Waals surface area contributed by atoms with Gasteiger partial charge in [0.15, 0.2) is 0 Å². The molecule has 0 spiro atoms. The second kappa shape index (κ2) is 4.39. The number of fused-ring (bicyclic) bond motifs is 1. The van der Waals surface area contributed by atoms with Crippen molar-refractivity contribution in [3.63, 3.8) is 0 Å². The highest BCUT2D eigenvalue weighted by Crippen LogP contribution is 2.55. The van der Waals surface area contributed by atoms with Crippen LogP contribution in [0.25, 0.3) is 0 Å². The van der Waals surface area contributed by atoms with Gasteiger partial charge >= 0.3 is 5.97 Å². The third-order valence-corrected chi connectivity index (χ3v) is 4.00. The van der Waals surface area contributed by atoms with Crippen molar-refractivity contribution in [3.05, 3.63) is 11.8 Å². The molecule has 0 N–H and O–H groups in total. The van der Waals surface area contributed by atoms with E-state index in [2.05, 4.69) is 4.74 Å². The third kappa shape index (κ3) is 1.73. The summed E-state index contributed by atoms with van der Waals surface area (Å²) in [6, 6.07) is 0. The Balaban J connectivity index is 2.34. The van der Waals surface area contributed by atoms with Gasteiger partial charge in [-0.3, -0.25) is 4.79 Å². The molecule has 1 saturated carbocycles. The molecule has 0 aromatic heterocycles. The van der Waals surface area contributed by atoms with E-state index in [0.29, 0.717) is 25.0 Å². The molecule has 0 unspecified atom stereocenters. The fourth-order valence-electron chi connectivity index (χ4n) is 2.88. The highest BCUT2D eigenvalue weighted by molar-refractivity contribution is 5.88. The van der Waals surface area contributed by atoms with Crippen LogP contribution in [0.5, 0.6) is 0 Å². The number of ketones is 1. The second-order valence-electron chi connectivity index (χ2n) is 4.98. The van der Waals surface area contributed by atoms with Crippen molar-refractivity contribution in [3.8, 4) is 0 Å². The van der Waals surface area contributed by atoms with Crippen molar-refractivity contribution >= 4 is 11.8 Å². The second-order valence-corrected chi connectivity index (χ2v) is 4.98. The zero-order chi connectivity index (χ0) is 13.4. The topological polar surface area (TPSA) is 61.8 Å². The average Bonchev–Trinajstić information content (AvgIpc) is 2.64.